The molecule has 0 unspecified atom stereocenters. The van der Waals surface area contributed by atoms with Crippen molar-refractivity contribution < 1.29 is 4.79 Å². The third-order valence-corrected chi connectivity index (χ3v) is 7.35. The van der Waals surface area contributed by atoms with E-state index in [1.165, 1.54) is 16.8 Å². The van der Waals surface area contributed by atoms with Crippen LogP contribution in [-0.4, -0.2) is 28.9 Å². The minimum Gasteiger partial charge on any atom is -0.326 e. The predicted octanol–water partition coefficient (Wildman–Crippen LogP) is 6.62. The van der Waals surface area contributed by atoms with E-state index in [-0.39, 0.29) is 11.3 Å². The fourth-order valence-electron chi connectivity index (χ4n) is 5.07. The van der Waals surface area contributed by atoms with Gasteiger partial charge in [-0.15, -0.1) is 0 Å². The van der Waals surface area contributed by atoms with E-state index in [0.29, 0.717) is 12.3 Å². The average molecular weight is 470 g/mol. The molecule has 0 bridgehead atoms. The second-order valence-corrected chi connectivity index (χ2v) is 10.4. The van der Waals surface area contributed by atoms with E-state index in [1.54, 1.807) is 0 Å². The van der Waals surface area contributed by atoms with Crippen molar-refractivity contribution in [3.8, 4) is 0 Å². The van der Waals surface area contributed by atoms with Gasteiger partial charge in [0.1, 0.15) is 0 Å². The molecule has 2 heterocycles. The first-order valence-electron chi connectivity index (χ1n) is 13.1. The predicted molar refractivity (Wildman–Crippen MR) is 144 cm³/mol. The zero-order valence-electron chi connectivity index (χ0n) is 21.2. The molecule has 0 spiro atoms. The molecule has 2 aromatic carbocycles. The summed E-state index contributed by atoms with van der Waals surface area (Å²) in [7, 11) is 0. The Bertz CT molecular complexity index is 1040. The Kier molecular flexibility index (Phi) is 8.70. The Morgan fingerprint density at radius 3 is 2.31 bits per heavy atom. The number of hydrogen-bond acceptors (Lipinski definition) is 3. The van der Waals surface area contributed by atoms with Crippen LogP contribution >= 0.6 is 0 Å². The van der Waals surface area contributed by atoms with E-state index in [0.717, 1.165) is 57.4 Å². The SMILES string of the molecule is CC(C)CCC(=O)Nc1ccc(CN2CCC(CCc3ccccc3)(c3ccccn3)CC2)cc1. The molecule has 1 amide bonds. The third-order valence-electron chi connectivity index (χ3n) is 7.35. The number of carbonyl (C=O) groups excluding carboxylic acids is 1. The number of nitrogens with one attached hydrogen (secondary N) is 1. The summed E-state index contributed by atoms with van der Waals surface area (Å²) in [5.74, 6) is 0.645. The molecule has 0 saturated carbocycles. The van der Waals surface area contributed by atoms with Crippen molar-refractivity contribution in [3.63, 3.8) is 0 Å². The van der Waals surface area contributed by atoms with Crippen molar-refractivity contribution in [2.75, 3.05) is 18.4 Å². The number of aryl methyl sites for hydroxylation is 1. The number of aromatic nitrogens is 1. The van der Waals surface area contributed by atoms with Crippen LogP contribution in [0, 0.1) is 5.92 Å². The molecule has 1 aliphatic heterocycles. The summed E-state index contributed by atoms with van der Waals surface area (Å²) in [5.41, 5.74) is 4.96. The number of carbonyl (C=O) groups is 1. The van der Waals surface area contributed by atoms with Crippen LogP contribution in [0.5, 0.6) is 0 Å². The molecule has 0 radical (unpaired) electrons. The first kappa shape index (κ1) is 25.1. The summed E-state index contributed by atoms with van der Waals surface area (Å²) in [6.45, 7) is 7.37. The van der Waals surface area contributed by atoms with Gasteiger partial charge in [-0.1, -0.05) is 62.4 Å². The van der Waals surface area contributed by atoms with Crippen LogP contribution in [0.2, 0.25) is 0 Å². The van der Waals surface area contributed by atoms with Crippen molar-refractivity contribution >= 4 is 11.6 Å². The van der Waals surface area contributed by atoms with Gasteiger partial charge in [0.15, 0.2) is 0 Å². The molecule has 35 heavy (non-hydrogen) atoms. The number of hydrogen-bond donors (Lipinski definition) is 1. The fraction of sp³-hybridized carbons (Fsp3) is 0.419. The first-order chi connectivity index (χ1) is 17.0. The number of likely N-dealkylation sites (tertiary alicyclic amines) is 1. The number of amides is 1. The van der Waals surface area contributed by atoms with Crippen molar-refractivity contribution in [3.05, 3.63) is 95.8 Å². The second-order valence-electron chi connectivity index (χ2n) is 10.4. The lowest BCUT2D eigenvalue weighted by Crippen LogP contribution is -2.43. The molecule has 1 aliphatic rings. The Balaban J connectivity index is 1.34. The molecule has 1 aromatic heterocycles. The van der Waals surface area contributed by atoms with E-state index in [2.05, 4.69) is 78.7 Å². The summed E-state index contributed by atoms with van der Waals surface area (Å²) >= 11 is 0. The summed E-state index contributed by atoms with van der Waals surface area (Å²) < 4.78 is 0. The number of rotatable bonds is 10. The Morgan fingerprint density at radius 2 is 1.66 bits per heavy atom. The van der Waals surface area contributed by atoms with Gasteiger partial charge in [0.2, 0.25) is 5.91 Å². The fourth-order valence-corrected chi connectivity index (χ4v) is 5.07. The lowest BCUT2D eigenvalue weighted by atomic mass is 9.71. The molecular weight excluding hydrogens is 430 g/mol. The molecule has 0 atom stereocenters. The molecule has 0 aliphatic carbocycles. The van der Waals surface area contributed by atoms with Crippen molar-refractivity contribution in [1.29, 1.82) is 0 Å². The highest BCUT2D eigenvalue weighted by Gasteiger charge is 2.36. The van der Waals surface area contributed by atoms with Gasteiger partial charge in [0, 0.05) is 36.0 Å². The number of anilines is 1. The average Bonchev–Trinajstić information content (AvgIpc) is 2.89. The van der Waals surface area contributed by atoms with Gasteiger partial charge in [-0.3, -0.25) is 14.7 Å². The van der Waals surface area contributed by atoms with E-state index < -0.39 is 0 Å². The highest BCUT2D eigenvalue weighted by molar-refractivity contribution is 5.90. The van der Waals surface area contributed by atoms with Crippen LogP contribution < -0.4 is 5.32 Å². The molecule has 1 fully saturated rings. The maximum atomic E-state index is 12.1. The Morgan fingerprint density at radius 1 is 0.943 bits per heavy atom. The van der Waals surface area contributed by atoms with E-state index in [9.17, 15) is 4.79 Å². The van der Waals surface area contributed by atoms with Crippen LogP contribution in [0.3, 0.4) is 0 Å². The quantitative estimate of drug-likeness (QED) is 0.363. The summed E-state index contributed by atoms with van der Waals surface area (Å²) in [5, 5.41) is 3.03. The molecule has 1 saturated heterocycles. The number of piperidine rings is 1. The smallest absolute Gasteiger partial charge is 0.224 e. The van der Waals surface area contributed by atoms with E-state index >= 15 is 0 Å². The first-order valence-corrected chi connectivity index (χ1v) is 13.1. The molecule has 1 N–H and O–H groups in total. The number of nitrogens with zero attached hydrogens (tertiary/aromatic N) is 2. The third kappa shape index (κ3) is 7.25. The summed E-state index contributed by atoms with van der Waals surface area (Å²) in [6, 6.07) is 25.5. The zero-order valence-corrected chi connectivity index (χ0v) is 21.2. The zero-order chi connectivity index (χ0) is 24.5. The summed E-state index contributed by atoms with van der Waals surface area (Å²) in [4.78, 5) is 19.5. The molecule has 4 nitrogen and oxygen atoms in total. The summed E-state index contributed by atoms with van der Waals surface area (Å²) in [6.07, 6.45) is 7.91. The topological polar surface area (TPSA) is 45.2 Å². The van der Waals surface area contributed by atoms with Gasteiger partial charge in [-0.2, -0.15) is 0 Å². The van der Waals surface area contributed by atoms with Gasteiger partial charge in [0.05, 0.1) is 0 Å². The van der Waals surface area contributed by atoms with Crippen LogP contribution in [0.25, 0.3) is 0 Å². The van der Waals surface area contributed by atoms with Crippen LogP contribution in [0.15, 0.2) is 79.0 Å². The highest BCUT2D eigenvalue weighted by atomic mass is 16.1. The maximum Gasteiger partial charge on any atom is 0.224 e. The van der Waals surface area contributed by atoms with Gasteiger partial charge in [-0.25, -0.2) is 0 Å². The highest BCUT2D eigenvalue weighted by Crippen LogP contribution is 2.39. The van der Waals surface area contributed by atoms with Crippen LogP contribution in [0.1, 0.15) is 62.8 Å². The van der Waals surface area contributed by atoms with Gasteiger partial charge in [-0.05, 0) is 86.5 Å². The van der Waals surface area contributed by atoms with E-state index in [4.69, 9.17) is 4.98 Å². The van der Waals surface area contributed by atoms with Gasteiger partial charge >= 0.3 is 0 Å². The van der Waals surface area contributed by atoms with Crippen molar-refractivity contribution in [2.45, 2.75) is 64.3 Å². The van der Waals surface area contributed by atoms with Crippen LogP contribution in [0.4, 0.5) is 5.69 Å². The lowest BCUT2D eigenvalue weighted by molar-refractivity contribution is -0.116. The Hall–Kier alpha value is -2.98. The standard InChI is InChI=1S/C31H39N3O/c1-25(2)11-16-30(35)33-28-14-12-27(13-15-28)24-34-22-19-31(20-23-34,29-10-6-7-21-32-29)18-17-26-8-4-3-5-9-26/h3-10,12-15,21,25H,11,16-20,22-24H2,1-2H3,(H,33,35). The van der Waals surface area contributed by atoms with Crippen molar-refractivity contribution in [1.82, 2.24) is 9.88 Å². The van der Waals surface area contributed by atoms with E-state index in [1.807, 2.05) is 24.4 Å². The largest absolute Gasteiger partial charge is 0.326 e. The van der Waals surface area contributed by atoms with Crippen LogP contribution in [-0.2, 0) is 23.2 Å². The van der Waals surface area contributed by atoms with Gasteiger partial charge in [0.25, 0.3) is 0 Å². The molecule has 3 aromatic rings. The molecule has 4 heteroatoms. The van der Waals surface area contributed by atoms with Crippen molar-refractivity contribution in [2.24, 2.45) is 5.92 Å². The molecule has 184 valence electrons. The van der Waals surface area contributed by atoms with Gasteiger partial charge < -0.3 is 5.32 Å². The Labute approximate surface area is 210 Å². The minimum absolute atomic E-state index is 0.101. The second kappa shape index (κ2) is 12.1. The minimum atomic E-state index is 0.101. The number of pyridine rings is 1. The number of benzene rings is 2. The monoisotopic (exact) mass is 469 g/mol. The normalized spacial score (nSPS) is 15.7. The molecular formula is C31H39N3O. The molecule has 4 rings (SSSR count). The lowest BCUT2D eigenvalue weighted by Gasteiger charge is -2.42. The maximum absolute atomic E-state index is 12.1.